The van der Waals surface area contributed by atoms with Crippen LogP contribution in [0.1, 0.15) is 44.9 Å². The van der Waals surface area contributed by atoms with Gasteiger partial charge in [0, 0.05) is 10.8 Å². The zero-order chi connectivity index (χ0) is 13.2. The van der Waals surface area contributed by atoms with Crippen molar-refractivity contribution in [1.29, 1.82) is 0 Å². The summed E-state index contributed by atoms with van der Waals surface area (Å²) in [5.41, 5.74) is 0.136. The summed E-state index contributed by atoms with van der Waals surface area (Å²) in [5.74, 6) is 0.892. The molecule has 100 valence electrons. The summed E-state index contributed by atoms with van der Waals surface area (Å²) in [6.45, 7) is 7.36. The highest BCUT2D eigenvalue weighted by Gasteiger charge is 2.41. The lowest BCUT2D eigenvalue weighted by molar-refractivity contribution is -0.133. The van der Waals surface area contributed by atoms with Crippen molar-refractivity contribution in [2.24, 2.45) is 17.3 Å². The average Bonchev–Trinajstić information content (AvgIpc) is 2.77. The van der Waals surface area contributed by atoms with Gasteiger partial charge in [0.2, 0.25) is 5.91 Å². The lowest BCUT2D eigenvalue weighted by Gasteiger charge is -2.41. The maximum absolute atomic E-state index is 12.4. The van der Waals surface area contributed by atoms with Crippen LogP contribution in [0.15, 0.2) is 17.5 Å². The lowest BCUT2D eigenvalue weighted by Crippen LogP contribution is -2.44. The Hall–Kier alpha value is -0.830. The molecule has 1 aromatic heterocycles. The summed E-state index contributed by atoms with van der Waals surface area (Å²) in [6.07, 6.45) is 3.60. The Morgan fingerprint density at radius 3 is 2.94 bits per heavy atom. The maximum atomic E-state index is 12.4. The molecule has 0 aliphatic heterocycles. The third kappa shape index (κ3) is 2.94. The van der Waals surface area contributed by atoms with Crippen molar-refractivity contribution in [2.45, 2.75) is 46.6 Å². The molecule has 0 aromatic carbocycles. The molecule has 2 rings (SSSR count). The number of rotatable bonds is 3. The quantitative estimate of drug-likeness (QED) is 0.884. The van der Waals surface area contributed by atoms with Gasteiger partial charge in [0.15, 0.2) is 0 Å². The third-order valence-corrected chi connectivity index (χ3v) is 5.07. The summed E-state index contributed by atoms with van der Waals surface area (Å²) in [4.78, 5) is 13.6. The number of nitrogens with one attached hydrogen (secondary N) is 1. The first-order chi connectivity index (χ1) is 8.50. The lowest BCUT2D eigenvalue weighted by atomic mass is 9.64. The molecule has 1 fully saturated rings. The van der Waals surface area contributed by atoms with Gasteiger partial charge >= 0.3 is 0 Å². The Morgan fingerprint density at radius 1 is 1.56 bits per heavy atom. The molecule has 1 aromatic rings. The highest BCUT2D eigenvalue weighted by Crippen LogP contribution is 2.43. The third-order valence-electron chi connectivity index (χ3n) is 4.19. The van der Waals surface area contributed by atoms with Gasteiger partial charge in [-0.1, -0.05) is 33.3 Å². The van der Waals surface area contributed by atoms with E-state index in [9.17, 15) is 4.79 Å². The SMILES string of the molecule is C[C@@H]1CCCC(C)(C)[C@H]1C(=O)NCc1cccs1. The first kappa shape index (κ1) is 13.6. The fourth-order valence-corrected chi connectivity index (χ4v) is 3.93. The molecule has 1 N–H and O–H groups in total. The van der Waals surface area contributed by atoms with E-state index >= 15 is 0 Å². The summed E-state index contributed by atoms with van der Waals surface area (Å²) in [7, 11) is 0. The number of carbonyl (C=O) groups excluding carboxylic acids is 1. The summed E-state index contributed by atoms with van der Waals surface area (Å²) in [5, 5.41) is 5.16. The smallest absolute Gasteiger partial charge is 0.224 e. The number of carbonyl (C=O) groups is 1. The van der Waals surface area contributed by atoms with Gasteiger partial charge in [-0.2, -0.15) is 0 Å². The van der Waals surface area contributed by atoms with Crippen LogP contribution in [0.4, 0.5) is 0 Å². The van der Waals surface area contributed by atoms with Crippen molar-refractivity contribution in [1.82, 2.24) is 5.32 Å². The van der Waals surface area contributed by atoms with E-state index in [4.69, 9.17) is 0 Å². The number of hydrogen-bond acceptors (Lipinski definition) is 2. The maximum Gasteiger partial charge on any atom is 0.224 e. The number of thiophene rings is 1. The average molecular weight is 265 g/mol. The second-order valence-electron chi connectivity index (χ2n) is 6.13. The predicted octanol–water partition coefficient (Wildman–Crippen LogP) is 3.83. The first-order valence-corrected chi connectivity index (χ1v) is 7.69. The van der Waals surface area contributed by atoms with E-state index in [2.05, 4.69) is 37.5 Å². The second-order valence-corrected chi connectivity index (χ2v) is 7.17. The molecule has 0 unspecified atom stereocenters. The van der Waals surface area contributed by atoms with Crippen LogP contribution in [0.25, 0.3) is 0 Å². The fraction of sp³-hybridized carbons (Fsp3) is 0.667. The van der Waals surface area contributed by atoms with Crippen molar-refractivity contribution in [2.75, 3.05) is 0 Å². The summed E-state index contributed by atoms with van der Waals surface area (Å²) >= 11 is 1.70. The van der Waals surface area contributed by atoms with E-state index in [1.807, 2.05) is 6.07 Å². The summed E-state index contributed by atoms with van der Waals surface area (Å²) < 4.78 is 0. The fourth-order valence-electron chi connectivity index (χ4n) is 3.28. The number of hydrogen-bond donors (Lipinski definition) is 1. The van der Waals surface area contributed by atoms with Crippen molar-refractivity contribution in [3.63, 3.8) is 0 Å². The van der Waals surface area contributed by atoms with Crippen LogP contribution in [-0.2, 0) is 11.3 Å². The number of amides is 1. The molecule has 1 heterocycles. The monoisotopic (exact) mass is 265 g/mol. The van der Waals surface area contributed by atoms with E-state index in [0.29, 0.717) is 12.5 Å². The van der Waals surface area contributed by atoms with E-state index in [1.54, 1.807) is 11.3 Å². The highest BCUT2D eigenvalue weighted by molar-refractivity contribution is 7.09. The molecular formula is C15H23NOS. The molecular weight excluding hydrogens is 242 g/mol. The van der Waals surface area contributed by atoms with Gasteiger partial charge in [0.1, 0.15) is 0 Å². The molecule has 0 spiro atoms. The Bertz CT molecular complexity index is 397. The Balaban J connectivity index is 1.98. The summed E-state index contributed by atoms with van der Waals surface area (Å²) in [6, 6.07) is 4.10. The first-order valence-electron chi connectivity index (χ1n) is 6.81. The zero-order valence-electron chi connectivity index (χ0n) is 11.5. The topological polar surface area (TPSA) is 29.1 Å². The van der Waals surface area contributed by atoms with Gasteiger partial charge in [-0.25, -0.2) is 0 Å². The minimum absolute atomic E-state index is 0.136. The Morgan fingerprint density at radius 2 is 2.33 bits per heavy atom. The Kier molecular flexibility index (Phi) is 4.10. The predicted molar refractivity (Wildman–Crippen MR) is 76.5 cm³/mol. The van der Waals surface area contributed by atoms with Crippen LogP contribution in [0.3, 0.4) is 0 Å². The molecule has 1 aliphatic carbocycles. The molecule has 0 radical (unpaired) electrons. The van der Waals surface area contributed by atoms with E-state index in [0.717, 1.165) is 6.42 Å². The molecule has 2 atom stereocenters. The van der Waals surface area contributed by atoms with Crippen LogP contribution < -0.4 is 5.32 Å². The van der Waals surface area contributed by atoms with Crippen LogP contribution in [0.2, 0.25) is 0 Å². The van der Waals surface area contributed by atoms with Gasteiger partial charge in [0.05, 0.1) is 6.54 Å². The van der Waals surface area contributed by atoms with Crippen molar-refractivity contribution in [3.05, 3.63) is 22.4 Å². The molecule has 1 aliphatic rings. The van der Waals surface area contributed by atoms with E-state index < -0.39 is 0 Å². The van der Waals surface area contributed by atoms with E-state index in [-0.39, 0.29) is 17.2 Å². The van der Waals surface area contributed by atoms with Gasteiger partial charge < -0.3 is 5.32 Å². The van der Waals surface area contributed by atoms with Crippen LogP contribution >= 0.6 is 11.3 Å². The minimum Gasteiger partial charge on any atom is -0.351 e. The highest BCUT2D eigenvalue weighted by atomic mass is 32.1. The van der Waals surface area contributed by atoms with Crippen molar-refractivity contribution < 1.29 is 4.79 Å². The minimum atomic E-state index is 0.136. The normalized spacial score (nSPS) is 26.8. The molecule has 0 saturated heterocycles. The van der Waals surface area contributed by atoms with Crippen molar-refractivity contribution in [3.8, 4) is 0 Å². The van der Waals surface area contributed by atoms with Crippen molar-refractivity contribution >= 4 is 17.2 Å². The van der Waals surface area contributed by atoms with Crippen LogP contribution in [0, 0.1) is 17.3 Å². The zero-order valence-corrected chi connectivity index (χ0v) is 12.3. The van der Waals surface area contributed by atoms with Crippen LogP contribution in [0.5, 0.6) is 0 Å². The molecule has 1 saturated carbocycles. The van der Waals surface area contributed by atoms with Gasteiger partial charge in [0.25, 0.3) is 0 Å². The largest absolute Gasteiger partial charge is 0.351 e. The Labute approximate surface area is 114 Å². The molecule has 3 heteroatoms. The van der Waals surface area contributed by atoms with Gasteiger partial charge in [-0.15, -0.1) is 11.3 Å². The van der Waals surface area contributed by atoms with E-state index in [1.165, 1.54) is 17.7 Å². The molecule has 18 heavy (non-hydrogen) atoms. The van der Waals surface area contributed by atoms with Gasteiger partial charge in [-0.3, -0.25) is 4.79 Å². The van der Waals surface area contributed by atoms with Crippen LogP contribution in [-0.4, -0.2) is 5.91 Å². The second kappa shape index (κ2) is 5.43. The standard InChI is InChI=1S/C15H23NOS/c1-11-6-4-8-15(2,3)13(11)14(17)16-10-12-7-5-9-18-12/h5,7,9,11,13H,4,6,8,10H2,1-3H3,(H,16,17)/t11-,13-/m1/s1. The van der Waals surface area contributed by atoms with Gasteiger partial charge in [-0.05, 0) is 35.6 Å². The molecule has 2 nitrogen and oxygen atoms in total. The molecule has 0 bridgehead atoms. The molecule has 1 amide bonds.